The summed E-state index contributed by atoms with van der Waals surface area (Å²) in [5, 5.41) is 10.8. The Kier molecular flexibility index (Phi) is 4.88. The maximum Gasteiger partial charge on any atom is 0.314 e. The van der Waals surface area contributed by atoms with Crippen LogP contribution in [-0.4, -0.2) is 24.6 Å². The molecule has 0 saturated carbocycles. The highest BCUT2D eigenvalue weighted by Gasteiger charge is 2.30. The van der Waals surface area contributed by atoms with Crippen molar-refractivity contribution in [1.29, 1.82) is 0 Å². The molecule has 1 aromatic carbocycles. The van der Waals surface area contributed by atoms with Crippen LogP contribution >= 0.6 is 15.9 Å². The summed E-state index contributed by atoms with van der Waals surface area (Å²) >= 11 is 3.12. The SMILES string of the molecule is COC(=O)C(C)(C)COc1cccc([N+](=O)[O-])c1Br. The van der Waals surface area contributed by atoms with E-state index in [1.54, 1.807) is 19.9 Å². The molecule has 0 aromatic heterocycles. The Balaban J connectivity index is 2.87. The van der Waals surface area contributed by atoms with Crippen molar-refractivity contribution in [3.8, 4) is 5.75 Å². The predicted molar refractivity (Wildman–Crippen MR) is 72.1 cm³/mol. The second-order valence-corrected chi connectivity index (χ2v) is 5.30. The molecule has 7 heteroatoms. The summed E-state index contributed by atoms with van der Waals surface area (Å²) in [6.07, 6.45) is 0. The van der Waals surface area contributed by atoms with Gasteiger partial charge in [0.05, 0.1) is 17.4 Å². The molecular formula is C12H14BrNO5. The van der Waals surface area contributed by atoms with Gasteiger partial charge in [-0.15, -0.1) is 0 Å². The van der Waals surface area contributed by atoms with Crippen LogP contribution in [0, 0.1) is 15.5 Å². The first-order valence-corrected chi connectivity index (χ1v) is 6.23. The summed E-state index contributed by atoms with van der Waals surface area (Å²) in [4.78, 5) is 21.8. The van der Waals surface area contributed by atoms with E-state index in [-0.39, 0.29) is 16.8 Å². The molecule has 6 nitrogen and oxygen atoms in total. The number of nitrogens with zero attached hydrogens (tertiary/aromatic N) is 1. The Hall–Kier alpha value is -1.63. The third kappa shape index (κ3) is 3.66. The minimum absolute atomic E-state index is 0.0550. The Morgan fingerprint density at radius 2 is 2.11 bits per heavy atom. The monoisotopic (exact) mass is 331 g/mol. The van der Waals surface area contributed by atoms with Crippen LogP contribution in [0.4, 0.5) is 5.69 Å². The number of carbonyl (C=O) groups is 1. The van der Waals surface area contributed by atoms with Crippen molar-refractivity contribution in [3.05, 3.63) is 32.8 Å². The van der Waals surface area contributed by atoms with E-state index in [0.717, 1.165) is 0 Å². The van der Waals surface area contributed by atoms with Crippen molar-refractivity contribution in [3.63, 3.8) is 0 Å². The second-order valence-electron chi connectivity index (χ2n) is 4.51. The number of halogens is 1. The topological polar surface area (TPSA) is 78.7 Å². The molecule has 0 fully saturated rings. The molecule has 0 heterocycles. The summed E-state index contributed by atoms with van der Waals surface area (Å²) in [6, 6.07) is 4.47. The minimum Gasteiger partial charge on any atom is -0.491 e. The molecule has 0 radical (unpaired) electrons. The molecule has 1 rings (SSSR count). The van der Waals surface area contributed by atoms with Gasteiger partial charge in [-0.1, -0.05) is 6.07 Å². The van der Waals surface area contributed by atoms with Gasteiger partial charge in [0, 0.05) is 6.07 Å². The maximum absolute atomic E-state index is 11.5. The molecule has 0 spiro atoms. The van der Waals surface area contributed by atoms with E-state index >= 15 is 0 Å². The smallest absolute Gasteiger partial charge is 0.314 e. The fraction of sp³-hybridized carbons (Fsp3) is 0.417. The number of benzene rings is 1. The van der Waals surface area contributed by atoms with Crippen LogP contribution in [-0.2, 0) is 9.53 Å². The van der Waals surface area contributed by atoms with Gasteiger partial charge in [0.15, 0.2) is 0 Å². The Morgan fingerprint density at radius 3 is 2.63 bits per heavy atom. The molecule has 0 aliphatic carbocycles. The molecule has 1 aromatic rings. The zero-order valence-electron chi connectivity index (χ0n) is 10.8. The quantitative estimate of drug-likeness (QED) is 0.471. The molecule has 0 amide bonds. The number of nitro benzene ring substituents is 1. The van der Waals surface area contributed by atoms with E-state index in [1.165, 1.54) is 19.2 Å². The van der Waals surface area contributed by atoms with Gasteiger partial charge in [0.2, 0.25) is 0 Å². The van der Waals surface area contributed by atoms with Crippen LogP contribution in [0.3, 0.4) is 0 Å². The first-order valence-electron chi connectivity index (χ1n) is 5.43. The van der Waals surface area contributed by atoms with Gasteiger partial charge < -0.3 is 9.47 Å². The number of carbonyl (C=O) groups excluding carboxylic acids is 1. The van der Waals surface area contributed by atoms with Gasteiger partial charge in [-0.3, -0.25) is 14.9 Å². The largest absolute Gasteiger partial charge is 0.491 e. The zero-order chi connectivity index (χ0) is 14.6. The van der Waals surface area contributed by atoms with Gasteiger partial charge in [0.1, 0.15) is 16.8 Å². The summed E-state index contributed by atoms with van der Waals surface area (Å²) < 4.78 is 10.4. The molecule has 0 aliphatic rings. The third-order valence-electron chi connectivity index (χ3n) is 2.47. The first kappa shape index (κ1) is 15.4. The Bertz CT molecular complexity index is 501. The van der Waals surface area contributed by atoms with Crippen LogP contribution in [0.5, 0.6) is 5.75 Å². The summed E-state index contributed by atoms with van der Waals surface area (Å²) in [5.41, 5.74) is -0.924. The fourth-order valence-electron chi connectivity index (χ4n) is 1.35. The average Bonchev–Trinajstić information content (AvgIpc) is 2.36. The third-order valence-corrected chi connectivity index (χ3v) is 3.26. The van der Waals surface area contributed by atoms with Crippen LogP contribution in [0.25, 0.3) is 0 Å². The first-order chi connectivity index (χ1) is 8.79. The molecule has 0 aliphatic heterocycles. The number of rotatable bonds is 5. The minimum atomic E-state index is -0.835. The van der Waals surface area contributed by atoms with Crippen molar-refractivity contribution in [2.45, 2.75) is 13.8 Å². The predicted octanol–water partition coefficient (Wildman–Crippen LogP) is 2.94. The van der Waals surface area contributed by atoms with E-state index in [9.17, 15) is 14.9 Å². The van der Waals surface area contributed by atoms with Crippen molar-refractivity contribution >= 4 is 27.6 Å². The molecule has 0 bridgehead atoms. The Labute approximate surface area is 119 Å². The number of methoxy groups -OCH3 is 1. The van der Waals surface area contributed by atoms with Crippen LogP contribution < -0.4 is 4.74 Å². The molecule has 104 valence electrons. The Morgan fingerprint density at radius 1 is 1.47 bits per heavy atom. The zero-order valence-corrected chi connectivity index (χ0v) is 12.4. The van der Waals surface area contributed by atoms with Crippen molar-refractivity contribution < 1.29 is 19.2 Å². The summed E-state index contributed by atoms with van der Waals surface area (Å²) in [7, 11) is 1.30. The van der Waals surface area contributed by atoms with Crippen LogP contribution in [0.15, 0.2) is 22.7 Å². The van der Waals surface area contributed by atoms with E-state index in [2.05, 4.69) is 20.7 Å². The number of ether oxygens (including phenoxy) is 2. The van der Waals surface area contributed by atoms with Crippen LogP contribution in [0.2, 0.25) is 0 Å². The fourth-order valence-corrected chi connectivity index (χ4v) is 1.87. The van der Waals surface area contributed by atoms with Gasteiger partial charge >= 0.3 is 5.97 Å². The van der Waals surface area contributed by atoms with Crippen molar-refractivity contribution in [1.82, 2.24) is 0 Å². The lowest BCUT2D eigenvalue weighted by Crippen LogP contribution is -2.32. The number of hydrogen-bond acceptors (Lipinski definition) is 5. The van der Waals surface area contributed by atoms with Gasteiger partial charge in [-0.2, -0.15) is 0 Å². The van der Waals surface area contributed by atoms with E-state index in [1.807, 2.05) is 0 Å². The highest BCUT2D eigenvalue weighted by Crippen LogP contribution is 2.34. The van der Waals surface area contributed by atoms with E-state index in [0.29, 0.717) is 5.75 Å². The molecular weight excluding hydrogens is 318 g/mol. The lowest BCUT2D eigenvalue weighted by molar-refractivity contribution is -0.385. The molecule has 0 unspecified atom stereocenters. The van der Waals surface area contributed by atoms with Crippen molar-refractivity contribution in [2.24, 2.45) is 5.41 Å². The molecule has 0 saturated heterocycles. The van der Waals surface area contributed by atoms with E-state index < -0.39 is 16.3 Å². The van der Waals surface area contributed by atoms with E-state index in [4.69, 9.17) is 4.74 Å². The number of hydrogen-bond donors (Lipinski definition) is 0. The van der Waals surface area contributed by atoms with Crippen molar-refractivity contribution in [2.75, 3.05) is 13.7 Å². The lowest BCUT2D eigenvalue weighted by atomic mass is 9.95. The number of esters is 1. The highest BCUT2D eigenvalue weighted by atomic mass is 79.9. The molecule has 0 N–H and O–H groups in total. The van der Waals surface area contributed by atoms with Gasteiger partial charge in [-0.05, 0) is 35.8 Å². The molecule has 0 atom stereocenters. The highest BCUT2D eigenvalue weighted by molar-refractivity contribution is 9.10. The maximum atomic E-state index is 11.5. The second kappa shape index (κ2) is 6.01. The van der Waals surface area contributed by atoms with Gasteiger partial charge in [0.25, 0.3) is 5.69 Å². The number of nitro groups is 1. The van der Waals surface area contributed by atoms with Crippen LogP contribution in [0.1, 0.15) is 13.8 Å². The lowest BCUT2D eigenvalue weighted by Gasteiger charge is -2.21. The average molecular weight is 332 g/mol. The standard InChI is InChI=1S/C12H14BrNO5/c1-12(2,11(15)18-3)7-19-9-6-4-5-8(10(9)13)14(16)17/h4-6H,7H2,1-3H3. The summed E-state index contributed by atoms with van der Waals surface area (Å²) in [5.74, 6) is -0.0970. The van der Waals surface area contributed by atoms with Gasteiger partial charge in [-0.25, -0.2) is 0 Å². The normalized spacial score (nSPS) is 10.9. The molecule has 19 heavy (non-hydrogen) atoms. The summed E-state index contributed by atoms with van der Waals surface area (Å²) in [6.45, 7) is 3.40.